The van der Waals surface area contributed by atoms with Crippen molar-refractivity contribution in [3.8, 4) is 5.92 Å². The van der Waals surface area contributed by atoms with E-state index in [1.54, 1.807) is 0 Å². The van der Waals surface area contributed by atoms with Gasteiger partial charge in [-0.1, -0.05) is 25.7 Å². The third-order valence-corrected chi connectivity index (χ3v) is 0.998. The molecule has 0 heterocycles. The summed E-state index contributed by atoms with van der Waals surface area (Å²) in [4.78, 5) is 0. The minimum absolute atomic E-state index is 0.630. The Bertz CT molecular complexity index is 80.9. The first kappa shape index (κ1) is 7.52. The number of hydrogen-bond donors (Lipinski definition) is 1. The van der Waals surface area contributed by atoms with E-state index in [0.717, 1.165) is 12.8 Å². The van der Waals surface area contributed by atoms with Crippen molar-refractivity contribution in [1.82, 2.24) is 0 Å². The van der Waals surface area contributed by atoms with E-state index < -0.39 is 6.10 Å². The van der Waals surface area contributed by atoms with Crippen molar-refractivity contribution >= 4 is 0 Å². The summed E-state index contributed by atoms with van der Waals surface area (Å²) in [6, 6.07) is 0. The van der Waals surface area contributed by atoms with Crippen LogP contribution in [0.4, 0.5) is 0 Å². The van der Waals surface area contributed by atoms with Crippen LogP contribution in [0.25, 0.3) is 0 Å². The molecule has 0 amide bonds. The Balaban J connectivity index is 3.02. The summed E-state index contributed by atoms with van der Waals surface area (Å²) in [5.41, 5.74) is 0. The van der Waals surface area contributed by atoms with Crippen LogP contribution in [0, 0.1) is 12.3 Å². The summed E-state index contributed by atoms with van der Waals surface area (Å²) in [6.07, 6.45) is 8.59. The van der Waals surface area contributed by atoms with Crippen LogP contribution < -0.4 is 0 Å². The number of unbranched alkanes of at least 4 members (excludes halogenated alkanes) is 1. The van der Waals surface area contributed by atoms with Crippen molar-refractivity contribution in [2.45, 2.75) is 32.3 Å². The number of hydrogen-bond acceptors (Lipinski definition) is 1. The Morgan fingerprint density at radius 3 is 2.75 bits per heavy atom. The van der Waals surface area contributed by atoms with Gasteiger partial charge in [0, 0.05) is 0 Å². The average Bonchev–Trinajstić information content (AvgIpc) is 1.83. The fourth-order valence-electron chi connectivity index (χ4n) is 0.470. The molecule has 0 aromatic heterocycles. The normalized spacial score (nSPS) is 12.6. The molecule has 1 radical (unpaired) electrons. The smallest absolute Gasteiger partial charge is 0.115 e. The van der Waals surface area contributed by atoms with Gasteiger partial charge in [-0.2, -0.15) is 0 Å². The summed E-state index contributed by atoms with van der Waals surface area (Å²) in [6.45, 7) is 2.05. The average molecular weight is 111 g/mol. The van der Waals surface area contributed by atoms with Crippen molar-refractivity contribution < 1.29 is 5.11 Å². The van der Waals surface area contributed by atoms with Gasteiger partial charge in [0.15, 0.2) is 0 Å². The molecule has 0 aliphatic rings. The van der Waals surface area contributed by atoms with E-state index in [4.69, 9.17) is 11.5 Å². The molecule has 1 atom stereocenters. The molecule has 0 saturated heterocycles. The zero-order chi connectivity index (χ0) is 6.41. The van der Waals surface area contributed by atoms with Crippen LogP contribution in [-0.2, 0) is 0 Å². The van der Waals surface area contributed by atoms with Gasteiger partial charge in [0.1, 0.15) is 6.10 Å². The molecular formula is C7H11O. The molecule has 45 valence electrons. The van der Waals surface area contributed by atoms with Gasteiger partial charge in [0.2, 0.25) is 0 Å². The third kappa shape index (κ3) is 3.70. The molecule has 0 aliphatic heterocycles. The van der Waals surface area contributed by atoms with Gasteiger partial charge in [0.05, 0.1) is 0 Å². The quantitative estimate of drug-likeness (QED) is 0.541. The van der Waals surface area contributed by atoms with Crippen LogP contribution in [0.1, 0.15) is 26.2 Å². The van der Waals surface area contributed by atoms with Gasteiger partial charge in [-0.3, -0.25) is 0 Å². The third-order valence-electron chi connectivity index (χ3n) is 0.998. The van der Waals surface area contributed by atoms with Crippen molar-refractivity contribution in [2.24, 2.45) is 0 Å². The Morgan fingerprint density at radius 2 is 2.38 bits per heavy atom. The van der Waals surface area contributed by atoms with E-state index in [1.165, 1.54) is 0 Å². The second kappa shape index (κ2) is 4.67. The Hall–Kier alpha value is -0.480. The van der Waals surface area contributed by atoms with Crippen LogP contribution in [0.5, 0.6) is 0 Å². The second-order valence-electron chi connectivity index (χ2n) is 1.80. The highest BCUT2D eigenvalue weighted by Gasteiger charge is 1.94. The molecular weight excluding hydrogens is 100 g/mol. The van der Waals surface area contributed by atoms with Crippen molar-refractivity contribution in [1.29, 1.82) is 0 Å². The van der Waals surface area contributed by atoms with Crippen LogP contribution >= 0.6 is 0 Å². The Morgan fingerprint density at radius 1 is 1.75 bits per heavy atom. The lowest BCUT2D eigenvalue weighted by molar-refractivity contribution is 0.218. The van der Waals surface area contributed by atoms with Gasteiger partial charge < -0.3 is 5.11 Å². The highest BCUT2D eigenvalue weighted by Crippen LogP contribution is 1.97. The fourth-order valence-corrected chi connectivity index (χ4v) is 0.470. The summed E-state index contributed by atoms with van der Waals surface area (Å²) in [5, 5.41) is 8.69. The van der Waals surface area contributed by atoms with E-state index in [-0.39, 0.29) is 0 Å². The van der Waals surface area contributed by atoms with Gasteiger partial charge in [-0.15, -0.1) is 0 Å². The molecule has 1 unspecified atom stereocenters. The SMILES string of the molecule is [C]#CC(O)CCCC. The van der Waals surface area contributed by atoms with E-state index in [2.05, 4.69) is 6.92 Å². The molecule has 0 aromatic rings. The van der Waals surface area contributed by atoms with Crippen LogP contribution in [0.15, 0.2) is 0 Å². The van der Waals surface area contributed by atoms with E-state index in [0.29, 0.717) is 6.42 Å². The molecule has 0 aromatic carbocycles. The molecule has 0 aliphatic carbocycles. The highest BCUT2D eigenvalue weighted by atomic mass is 16.3. The van der Waals surface area contributed by atoms with E-state index in [1.807, 2.05) is 5.92 Å². The highest BCUT2D eigenvalue weighted by molar-refractivity contribution is 4.86. The molecule has 0 saturated carbocycles. The summed E-state index contributed by atoms with van der Waals surface area (Å²) in [7, 11) is 0. The Kier molecular flexibility index (Phi) is 4.39. The lowest BCUT2D eigenvalue weighted by Crippen LogP contribution is -2.00. The van der Waals surface area contributed by atoms with Crippen LogP contribution in [0.3, 0.4) is 0 Å². The monoisotopic (exact) mass is 111 g/mol. The van der Waals surface area contributed by atoms with E-state index >= 15 is 0 Å². The van der Waals surface area contributed by atoms with Gasteiger partial charge >= 0.3 is 0 Å². The maximum Gasteiger partial charge on any atom is 0.115 e. The van der Waals surface area contributed by atoms with Crippen LogP contribution in [-0.4, -0.2) is 11.2 Å². The Labute approximate surface area is 50.7 Å². The number of rotatable bonds is 3. The molecule has 0 fully saturated rings. The summed E-state index contributed by atoms with van der Waals surface area (Å²) >= 11 is 0. The number of aliphatic hydroxyl groups excluding tert-OH is 1. The zero-order valence-electron chi connectivity index (χ0n) is 5.15. The van der Waals surface area contributed by atoms with Crippen LogP contribution in [0.2, 0.25) is 0 Å². The maximum atomic E-state index is 8.69. The largest absolute Gasteiger partial charge is 0.380 e. The first-order valence-electron chi connectivity index (χ1n) is 2.91. The first-order valence-corrected chi connectivity index (χ1v) is 2.91. The molecule has 1 heteroatoms. The standard InChI is InChI=1S/C7H11O/c1-3-5-6-7(8)4-2/h7-8H,3,5-6H2,1H3. The van der Waals surface area contributed by atoms with Gasteiger partial charge in [-0.25, -0.2) is 0 Å². The predicted molar refractivity (Wildman–Crippen MR) is 32.7 cm³/mol. The molecule has 0 spiro atoms. The molecule has 8 heavy (non-hydrogen) atoms. The molecule has 1 nitrogen and oxygen atoms in total. The first-order chi connectivity index (χ1) is 3.81. The number of aliphatic hydroxyl groups is 1. The minimum Gasteiger partial charge on any atom is -0.380 e. The minimum atomic E-state index is -0.630. The van der Waals surface area contributed by atoms with Gasteiger partial charge in [0.25, 0.3) is 0 Å². The van der Waals surface area contributed by atoms with E-state index in [9.17, 15) is 0 Å². The zero-order valence-corrected chi connectivity index (χ0v) is 5.15. The van der Waals surface area contributed by atoms with Crippen molar-refractivity contribution in [3.63, 3.8) is 0 Å². The summed E-state index contributed by atoms with van der Waals surface area (Å²) in [5.74, 6) is 2.01. The predicted octanol–water partition coefficient (Wildman–Crippen LogP) is 1.13. The van der Waals surface area contributed by atoms with Crippen molar-refractivity contribution in [3.05, 3.63) is 6.42 Å². The topological polar surface area (TPSA) is 20.2 Å². The lowest BCUT2D eigenvalue weighted by Gasteiger charge is -1.97. The fraction of sp³-hybridized carbons (Fsp3) is 0.714. The van der Waals surface area contributed by atoms with Gasteiger partial charge in [-0.05, 0) is 12.8 Å². The molecule has 0 rings (SSSR count). The molecule has 0 bridgehead atoms. The lowest BCUT2D eigenvalue weighted by atomic mass is 10.2. The van der Waals surface area contributed by atoms with Crippen molar-refractivity contribution in [2.75, 3.05) is 0 Å². The summed E-state index contributed by atoms with van der Waals surface area (Å²) < 4.78 is 0. The molecule has 1 N–H and O–H groups in total. The maximum absolute atomic E-state index is 8.69. The second-order valence-corrected chi connectivity index (χ2v) is 1.80.